The van der Waals surface area contributed by atoms with E-state index in [9.17, 15) is 0 Å². The Balaban J connectivity index is 4.33. The van der Waals surface area contributed by atoms with E-state index in [2.05, 4.69) is 0 Å². The van der Waals surface area contributed by atoms with Gasteiger partial charge in [-0.2, -0.15) is 0 Å². The van der Waals surface area contributed by atoms with Gasteiger partial charge in [0.25, 0.3) is 0 Å². The molecule has 0 fully saturated rings. The number of hydrogen-bond donors (Lipinski definition) is 0. The Morgan fingerprint density at radius 1 is 1.33 bits per heavy atom. The first-order valence-electron chi connectivity index (χ1n) is 3.45. The van der Waals surface area contributed by atoms with Gasteiger partial charge in [-0.05, 0) is 6.92 Å². The van der Waals surface area contributed by atoms with Crippen molar-refractivity contribution in [3.05, 3.63) is 0 Å². The van der Waals surface area contributed by atoms with Crippen LogP contribution < -0.4 is 0 Å². The molecule has 74 valence electrons. The molecule has 0 bridgehead atoms. The first kappa shape index (κ1) is 12.8. The summed E-state index contributed by atoms with van der Waals surface area (Å²) in [5.41, 5.74) is 0. The summed E-state index contributed by atoms with van der Waals surface area (Å²) in [4.78, 5) is -0.813. The highest BCUT2D eigenvalue weighted by Gasteiger charge is 2.39. The fraction of sp³-hybridized carbons (Fsp3) is 1.00. The maximum Gasteiger partial charge on any atom is 0.177 e. The standard InChI is InChI=1S/C7H13Cl3O2/c1-7(10,5(9)4-8)6(11-2)12-3/h5-6H,4H2,1-3H3. The average molecular weight is 236 g/mol. The fourth-order valence-electron chi connectivity index (χ4n) is 0.856. The molecule has 0 spiro atoms. The van der Waals surface area contributed by atoms with Crippen LogP contribution in [0.15, 0.2) is 0 Å². The Labute approximate surface area is 88.1 Å². The molecule has 0 aliphatic rings. The van der Waals surface area contributed by atoms with Crippen molar-refractivity contribution in [3.8, 4) is 0 Å². The lowest BCUT2D eigenvalue weighted by atomic mass is 10.1. The Morgan fingerprint density at radius 2 is 1.75 bits per heavy atom. The summed E-state index contributed by atoms with van der Waals surface area (Å²) >= 11 is 17.5. The van der Waals surface area contributed by atoms with E-state index in [0.717, 1.165) is 0 Å². The third-order valence-electron chi connectivity index (χ3n) is 1.64. The van der Waals surface area contributed by atoms with Crippen LogP contribution in [0, 0.1) is 0 Å². The number of rotatable bonds is 5. The molecule has 2 atom stereocenters. The van der Waals surface area contributed by atoms with Crippen LogP contribution in [0.3, 0.4) is 0 Å². The molecule has 0 aromatic rings. The van der Waals surface area contributed by atoms with Gasteiger partial charge in [0, 0.05) is 20.1 Å². The molecular formula is C7H13Cl3O2. The molecule has 0 aliphatic heterocycles. The van der Waals surface area contributed by atoms with Gasteiger partial charge >= 0.3 is 0 Å². The Kier molecular flexibility index (Phi) is 5.87. The molecule has 12 heavy (non-hydrogen) atoms. The van der Waals surface area contributed by atoms with E-state index in [1.54, 1.807) is 6.92 Å². The van der Waals surface area contributed by atoms with Crippen molar-refractivity contribution in [2.45, 2.75) is 23.5 Å². The van der Waals surface area contributed by atoms with E-state index < -0.39 is 16.5 Å². The molecule has 0 radical (unpaired) electrons. The van der Waals surface area contributed by atoms with E-state index in [4.69, 9.17) is 44.3 Å². The third kappa shape index (κ3) is 2.93. The molecule has 0 aromatic heterocycles. The molecule has 0 saturated carbocycles. The molecule has 0 heterocycles. The molecule has 5 heteroatoms. The first-order valence-corrected chi connectivity index (χ1v) is 4.80. The molecular weight excluding hydrogens is 222 g/mol. The predicted octanol–water partition coefficient (Wildman–Crippen LogP) is 2.45. The second-order valence-electron chi connectivity index (χ2n) is 2.58. The van der Waals surface area contributed by atoms with Gasteiger partial charge in [0.2, 0.25) is 0 Å². The summed E-state index contributed by atoms with van der Waals surface area (Å²) in [5, 5.41) is -0.397. The molecule has 2 nitrogen and oxygen atoms in total. The SMILES string of the molecule is COC(OC)C(C)(Cl)C(Cl)CCl. The summed E-state index contributed by atoms with van der Waals surface area (Å²) in [6.07, 6.45) is -0.555. The Bertz CT molecular complexity index is 126. The predicted molar refractivity (Wildman–Crippen MR) is 52.4 cm³/mol. The normalized spacial score (nSPS) is 19.2. The summed E-state index contributed by atoms with van der Waals surface area (Å²) in [5.74, 6) is 0.255. The van der Waals surface area contributed by atoms with E-state index in [1.165, 1.54) is 14.2 Å². The van der Waals surface area contributed by atoms with Gasteiger partial charge in [-0.3, -0.25) is 0 Å². The summed E-state index contributed by atoms with van der Waals surface area (Å²) < 4.78 is 9.98. The topological polar surface area (TPSA) is 18.5 Å². The Hall–Kier alpha value is 0.790. The van der Waals surface area contributed by atoms with Gasteiger partial charge in [-0.1, -0.05) is 0 Å². The van der Waals surface area contributed by atoms with Gasteiger partial charge in [0.05, 0.1) is 5.38 Å². The third-order valence-corrected chi connectivity index (χ3v) is 3.26. The zero-order valence-electron chi connectivity index (χ0n) is 7.31. The summed E-state index contributed by atoms with van der Waals surface area (Å²) in [6, 6.07) is 0. The van der Waals surface area contributed by atoms with E-state index in [-0.39, 0.29) is 5.88 Å². The van der Waals surface area contributed by atoms with Crippen molar-refractivity contribution in [2.24, 2.45) is 0 Å². The quantitative estimate of drug-likeness (QED) is 0.538. The first-order chi connectivity index (χ1) is 5.50. The van der Waals surface area contributed by atoms with Gasteiger partial charge < -0.3 is 9.47 Å². The van der Waals surface area contributed by atoms with Crippen LogP contribution in [0.4, 0.5) is 0 Å². The monoisotopic (exact) mass is 234 g/mol. The summed E-state index contributed by atoms with van der Waals surface area (Å²) in [7, 11) is 3.01. The molecule has 0 saturated heterocycles. The zero-order valence-corrected chi connectivity index (χ0v) is 9.58. The maximum atomic E-state index is 6.09. The molecule has 2 unspecified atom stereocenters. The van der Waals surface area contributed by atoms with Crippen LogP contribution in [-0.4, -0.2) is 36.6 Å². The molecule has 0 N–H and O–H groups in total. The molecule has 0 aromatic carbocycles. The van der Waals surface area contributed by atoms with E-state index in [1.807, 2.05) is 0 Å². The van der Waals surface area contributed by atoms with Crippen LogP contribution >= 0.6 is 34.8 Å². The number of methoxy groups -OCH3 is 2. The van der Waals surface area contributed by atoms with Gasteiger partial charge in [0.15, 0.2) is 6.29 Å². The van der Waals surface area contributed by atoms with Crippen molar-refractivity contribution < 1.29 is 9.47 Å². The average Bonchev–Trinajstić information content (AvgIpc) is 2.04. The minimum atomic E-state index is -0.813. The van der Waals surface area contributed by atoms with Crippen LogP contribution in [0.1, 0.15) is 6.92 Å². The minimum Gasteiger partial charge on any atom is -0.354 e. The zero-order chi connectivity index (χ0) is 9.78. The van der Waals surface area contributed by atoms with Crippen molar-refractivity contribution in [1.82, 2.24) is 0 Å². The van der Waals surface area contributed by atoms with Crippen molar-refractivity contribution in [3.63, 3.8) is 0 Å². The lowest BCUT2D eigenvalue weighted by Gasteiger charge is -2.32. The van der Waals surface area contributed by atoms with Gasteiger partial charge in [0.1, 0.15) is 4.87 Å². The molecule has 0 rings (SSSR count). The van der Waals surface area contributed by atoms with Crippen molar-refractivity contribution in [1.29, 1.82) is 0 Å². The second-order valence-corrected chi connectivity index (χ2v) is 4.23. The lowest BCUT2D eigenvalue weighted by Crippen LogP contribution is -2.45. The maximum absolute atomic E-state index is 6.09. The van der Waals surface area contributed by atoms with Crippen LogP contribution in [0.2, 0.25) is 0 Å². The fourth-order valence-corrected chi connectivity index (χ4v) is 1.61. The van der Waals surface area contributed by atoms with E-state index >= 15 is 0 Å². The molecule has 0 amide bonds. The van der Waals surface area contributed by atoms with Crippen molar-refractivity contribution in [2.75, 3.05) is 20.1 Å². The highest BCUT2D eigenvalue weighted by atomic mass is 35.5. The highest BCUT2D eigenvalue weighted by molar-refractivity contribution is 6.35. The van der Waals surface area contributed by atoms with Crippen LogP contribution in [0.25, 0.3) is 0 Å². The van der Waals surface area contributed by atoms with Crippen molar-refractivity contribution >= 4 is 34.8 Å². The number of halogens is 3. The smallest absolute Gasteiger partial charge is 0.177 e. The number of alkyl halides is 3. The minimum absolute atomic E-state index is 0.255. The number of ether oxygens (including phenoxy) is 2. The number of hydrogen-bond acceptors (Lipinski definition) is 2. The Morgan fingerprint density at radius 3 is 2.00 bits per heavy atom. The molecule has 0 aliphatic carbocycles. The van der Waals surface area contributed by atoms with Crippen LogP contribution in [0.5, 0.6) is 0 Å². The largest absolute Gasteiger partial charge is 0.354 e. The van der Waals surface area contributed by atoms with E-state index in [0.29, 0.717) is 0 Å². The highest BCUT2D eigenvalue weighted by Crippen LogP contribution is 2.30. The second kappa shape index (κ2) is 5.51. The van der Waals surface area contributed by atoms with Crippen LogP contribution in [-0.2, 0) is 9.47 Å². The lowest BCUT2D eigenvalue weighted by molar-refractivity contribution is -0.123. The van der Waals surface area contributed by atoms with Gasteiger partial charge in [-0.25, -0.2) is 0 Å². The van der Waals surface area contributed by atoms with Gasteiger partial charge in [-0.15, -0.1) is 34.8 Å². The summed E-state index contributed by atoms with van der Waals surface area (Å²) in [6.45, 7) is 1.73.